The molecule has 2 N–H and O–H groups in total. The Morgan fingerprint density at radius 3 is 2.41 bits per heavy atom. The molecule has 2 aliphatic heterocycles. The molecule has 0 aromatic rings. The summed E-state index contributed by atoms with van der Waals surface area (Å²) in [5.74, 6) is 0.718. The van der Waals surface area contributed by atoms with Crippen molar-refractivity contribution in [1.29, 1.82) is 0 Å². The molecule has 34 heavy (non-hydrogen) atoms. The third-order valence-electron chi connectivity index (χ3n) is 13.3. The van der Waals surface area contributed by atoms with Crippen molar-refractivity contribution < 1.29 is 24.5 Å². The average Bonchev–Trinajstić information content (AvgIpc) is 3.50. The van der Waals surface area contributed by atoms with E-state index in [0.717, 1.165) is 50.5 Å². The van der Waals surface area contributed by atoms with Crippen molar-refractivity contribution in [1.82, 2.24) is 0 Å². The van der Waals surface area contributed by atoms with Gasteiger partial charge in [0.15, 0.2) is 5.60 Å². The molecule has 0 amide bonds. The highest BCUT2D eigenvalue weighted by molar-refractivity contribution is 5.82. The van der Waals surface area contributed by atoms with Crippen LogP contribution in [0.15, 0.2) is 12.2 Å². The zero-order valence-electron chi connectivity index (χ0n) is 21.5. The van der Waals surface area contributed by atoms with Gasteiger partial charge < -0.3 is 19.7 Å². The number of hydrogen-bond acceptors (Lipinski definition) is 5. The van der Waals surface area contributed by atoms with Crippen molar-refractivity contribution in [2.45, 2.75) is 116 Å². The maximum Gasteiger partial charge on any atom is 0.313 e. The second kappa shape index (κ2) is 5.97. The summed E-state index contributed by atoms with van der Waals surface area (Å²) in [6.45, 7) is 16.2. The Morgan fingerprint density at radius 1 is 0.971 bits per heavy atom. The maximum atomic E-state index is 13.7. The van der Waals surface area contributed by atoms with Gasteiger partial charge in [-0.3, -0.25) is 4.79 Å². The number of ether oxygens (including phenoxy) is 2. The quantitative estimate of drug-likeness (QED) is 0.312. The van der Waals surface area contributed by atoms with Gasteiger partial charge in [-0.25, -0.2) is 0 Å². The van der Waals surface area contributed by atoms with Crippen LogP contribution in [0.3, 0.4) is 0 Å². The lowest BCUT2D eigenvalue weighted by atomic mass is 9.31. The minimum absolute atomic E-state index is 0.0477. The van der Waals surface area contributed by atoms with Gasteiger partial charge in [-0.2, -0.15) is 0 Å². The predicted octanol–water partition coefficient (Wildman–Crippen LogP) is 4.40. The molecule has 0 unspecified atom stereocenters. The molecule has 188 valence electrons. The molecule has 7 fully saturated rings. The normalized spacial score (nSPS) is 63.0. The summed E-state index contributed by atoms with van der Waals surface area (Å²) in [7, 11) is 0. The number of carbonyl (C=O) groups is 1. The maximum absolute atomic E-state index is 13.7. The van der Waals surface area contributed by atoms with Gasteiger partial charge in [-0.15, -0.1) is 0 Å². The lowest BCUT2D eigenvalue weighted by Gasteiger charge is -2.71. The first kappa shape index (κ1) is 22.3. The second-order valence-electron chi connectivity index (χ2n) is 14.9. The zero-order chi connectivity index (χ0) is 24.3. The highest BCUT2D eigenvalue weighted by Crippen LogP contribution is 2.83. The highest BCUT2D eigenvalue weighted by Gasteiger charge is 2.89. The molecule has 7 aliphatic rings. The van der Waals surface area contributed by atoms with Crippen LogP contribution in [-0.2, 0) is 14.3 Å². The molecule has 0 radical (unpaired) electrons. The Hall–Kier alpha value is -0.910. The van der Waals surface area contributed by atoms with E-state index in [0.29, 0.717) is 6.42 Å². The van der Waals surface area contributed by atoms with Crippen molar-refractivity contribution in [3.63, 3.8) is 0 Å². The first-order chi connectivity index (χ1) is 15.8. The summed E-state index contributed by atoms with van der Waals surface area (Å²) in [5, 5.41) is 21.5. The Labute approximate surface area is 203 Å². The molecular weight excluding hydrogens is 428 g/mol. The fourth-order valence-corrected chi connectivity index (χ4v) is 11.4. The number of carbonyl (C=O) groups excluding carboxylic acids is 1. The Bertz CT molecular complexity index is 1000. The molecule has 0 aromatic carbocycles. The van der Waals surface area contributed by atoms with E-state index in [-0.39, 0.29) is 63.0 Å². The van der Waals surface area contributed by atoms with Crippen LogP contribution in [0.2, 0.25) is 0 Å². The monoisotopic (exact) mass is 470 g/mol. The number of aliphatic hydroxyl groups excluding tert-OH is 2. The van der Waals surface area contributed by atoms with Gasteiger partial charge in [-0.1, -0.05) is 41.2 Å². The zero-order valence-corrected chi connectivity index (χ0v) is 21.5. The lowest BCUT2D eigenvalue weighted by Crippen LogP contribution is -2.74. The molecule has 5 nitrogen and oxygen atoms in total. The van der Waals surface area contributed by atoms with E-state index in [9.17, 15) is 15.0 Å². The van der Waals surface area contributed by atoms with E-state index in [4.69, 9.17) is 9.47 Å². The number of rotatable bonds is 0. The molecule has 7 rings (SSSR count). The SMILES string of the molecule is C=C1[C@@H](O)[C@H](O)C[C@]2(C)[C@H]3[C@@H]4O[C@@H]4[C@]45OC(=O)[C@@]6(CCC(C)(C)C[C@H]64)CC[C@@]5(C)[C@]3(C)CC[C@@H]12. The molecule has 1 spiro atoms. The molecule has 5 heteroatoms. The standard InChI is InChI=1S/C29H42O5/c1-15-16-7-8-26(5)21(25(16,4)13-17(30)19(15)31)20-22(33-20)29-18-14-24(2,3)9-11-28(18,23(32)34-29)12-10-27(26,29)6/h16-22,30-31H,1,7-14H2,2-6H3/t16-,17+,18+,19+,20-,21+,22-,25-,26+,27-,28-,29+/m0/s1. The summed E-state index contributed by atoms with van der Waals surface area (Å²) in [4.78, 5) is 13.7. The van der Waals surface area contributed by atoms with E-state index < -0.39 is 17.8 Å². The van der Waals surface area contributed by atoms with Crippen LogP contribution < -0.4 is 0 Å². The third-order valence-corrected chi connectivity index (χ3v) is 13.3. The number of epoxide rings is 1. The number of aliphatic hydroxyl groups is 2. The van der Waals surface area contributed by atoms with Gasteiger partial charge in [0.1, 0.15) is 12.2 Å². The summed E-state index contributed by atoms with van der Waals surface area (Å²) in [6, 6.07) is 0. The molecule has 2 heterocycles. The molecule has 2 saturated heterocycles. The summed E-state index contributed by atoms with van der Waals surface area (Å²) in [6.07, 6.45) is 5.94. The fraction of sp³-hybridized carbons (Fsp3) is 0.897. The topological polar surface area (TPSA) is 79.3 Å². The Balaban J connectivity index is 1.38. The van der Waals surface area contributed by atoms with Crippen molar-refractivity contribution in [3.05, 3.63) is 12.2 Å². The van der Waals surface area contributed by atoms with Gasteiger partial charge in [0.2, 0.25) is 0 Å². The summed E-state index contributed by atoms with van der Waals surface area (Å²) in [5.41, 5.74) is -0.285. The predicted molar refractivity (Wildman–Crippen MR) is 127 cm³/mol. The van der Waals surface area contributed by atoms with Crippen LogP contribution in [0.25, 0.3) is 0 Å². The van der Waals surface area contributed by atoms with E-state index in [1.54, 1.807) is 0 Å². The van der Waals surface area contributed by atoms with Crippen molar-refractivity contribution >= 4 is 5.97 Å². The van der Waals surface area contributed by atoms with Crippen LogP contribution in [0.5, 0.6) is 0 Å². The van der Waals surface area contributed by atoms with Crippen LogP contribution >= 0.6 is 0 Å². The van der Waals surface area contributed by atoms with E-state index in [1.807, 2.05) is 0 Å². The first-order valence-electron chi connectivity index (χ1n) is 13.7. The van der Waals surface area contributed by atoms with Gasteiger partial charge in [0.25, 0.3) is 0 Å². The minimum Gasteiger partial charge on any atom is -0.455 e. The average molecular weight is 471 g/mol. The van der Waals surface area contributed by atoms with Crippen LogP contribution in [0, 0.1) is 44.8 Å². The number of esters is 1. The Morgan fingerprint density at radius 2 is 1.68 bits per heavy atom. The van der Waals surface area contributed by atoms with Crippen molar-refractivity contribution in [3.8, 4) is 0 Å². The van der Waals surface area contributed by atoms with E-state index in [2.05, 4.69) is 41.2 Å². The van der Waals surface area contributed by atoms with Gasteiger partial charge in [0.05, 0.1) is 17.6 Å². The number of hydrogen-bond donors (Lipinski definition) is 2. The molecule has 12 atom stereocenters. The summed E-state index contributed by atoms with van der Waals surface area (Å²) < 4.78 is 13.4. The summed E-state index contributed by atoms with van der Waals surface area (Å²) >= 11 is 0. The second-order valence-corrected chi connectivity index (χ2v) is 14.9. The smallest absolute Gasteiger partial charge is 0.313 e. The van der Waals surface area contributed by atoms with Crippen molar-refractivity contribution in [2.24, 2.45) is 44.8 Å². The third kappa shape index (κ3) is 2.09. The van der Waals surface area contributed by atoms with Gasteiger partial charge >= 0.3 is 5.97 Å². The molecule has 2 bridgehead atoms. The molecule has 0 aromatic heterocycles. The first-order valence-corrected chi connectivity index (χ1v) is 13.7. The van der Waals surface area contributed by atoms with Crippen LogP contribution in [-0.4, -0.2) is 46.2 Å². The van der Waals surface area contributed by atoms with Crippen LogP contribution in [0.4, 0.5) is 0 Å². The molecule has 5 aliphatic carbocycles. The molecular formula is C29H42O5. The largest absolute Gasteiger partial charge is 0.455 e. The Kier molecular flexibility index (Phi) is 3.91. The number of fused-ring (bicyclic) bond motifs is 6. The van der Waals surface area contributed by atoms with E-state index in [1.165, 1.54) is 0 Å². The van der Waals surface area contributed by atoms with Crippen LogP contribution in [0.1, 0.15) is 86.0 Å². The highest BCUT2D eigenvalue weighted by atomic mass is 16.6. The minimum atomic E-state index is -0.834. The van der Waals surface area contributed by atoms with Crippen molar-refractivity contribution in [2.75, 3.05) is 0 Å². The molecule has 5 saturated carbocycles. The fourth-order valence-electron chi connectivity index (χ4n) is 11.4. The van der Waals surface area contributed by atoms with E-state index >= 15 is 0 Å². The lowest BCUT2D eigenvalue weighted by molar-refractivity contribution is -0.262. The van der Waals surface area contributed by atoms with Gasteiger partial charge in [0, 0.05) is 11.3 Å². The van der Waals surface area contributed by atoms with Gasteiger partial charge in [-0.05, 0) is 85.0 Å².